The van der Waals surface area contributed by atoms with Gasteiger partial charge in [-0.2, -0.15) is 0 Å². The molecule has 0 spiro atoms. The van der Waals surface area contributed by atoms with Crippen LogP contribution in [0.1, 0.15) is 61.1 Å². The van der Waals surface area contributed by atoms with Crippen LogP contribution in [0.5, 0.6) is 0 Å². The van der Waals surface area contributed by atoms with Crippen molar-refractivity contribution in [1.82, 2.24) is 0 Å². The normalized spacial score (nSPS) is 13.6. The molecule has 0 aromatic heterocycles. The van der Waals surface area contributed by atoms with E-state index < -0.39 is 8.07 Å². The van der Waals surface area contributed by atoms with Crippen LogP contribution < -0.4 is 82.2 Å². The molecule has 0 saturated carbocycles. The van der Waals surface area contributed by atoms with Crippen molar-refractivity contribution in [3.63, 3.8) is 0 Å². The van der Waals surface area contributed by atoms with Gasteiger partial charge in [-0.3, -0.25) is 0 Å². The summed E-state index contributed by atoms with van der Waals surface area (Å²) in [6.07, 6.45) is 0. The van der Waals surface area contributed by atoms with E-state index in [9.17, 15) is 0 Å². The van der Waals surface area contributed by atoms with Crippen molar-refractivity contribution >= 4 is 57.8 Å². The van der Waals surface area contributed by atoms with E-state index in [2.05, 4.69) is 222 Å². The molecule has 3 aromatic rings. The van der Waals surface area contributed by atoms with Gasteiger partial charge < -0.3 is 37.2 Å². The Morgan fingerprint density at radius 3 is 0.786 bits per heavy atom. The Labute approximate surface area is 373 Å². The predicted octanol–water partition coefficient (Wildman–Crippen LogP) is -1.65. The topological polar surface area (TPSA) is 19.4 Å². The minimum absolute atomic E-state index is 0. The summed E-state index contributed by atoms with van der Waals surface area (Å²) in [6.45, 7) is 23.6. The Morgan fingerprint density at radius 2 is 0.607 bits per heavy atom. The summed E-state index contributed by atoms with van der Waals surface area (Å²) in [4.78, 5) is 14.5. The maximum Gasteiger partial charge on any atom is -1.00 e. The largest absolute Gasteiger partial charge is 1.00 e. The average Bonchev–Trinajstić information content (AvgIpc) is 3.20. The van der Waals surface area contributed by atoms with Gasteiger partial charge in [0, 0.05) is 0 Å². The van der Waals surface area contributed by atoms with Crippen LogP contribution in [0.25, 0.3) is 0 Å². The van der Waals surface area contributed by atoms with Crippen LogP contribution in [0.4, 0.5) is 34.1 Å². The van der Waals surface area contributed by atoms with E-state index in [4.69, 9.17) is 0 Å². The number of rotatable bonds is 10. The molecule has 6 nitrogen and oxygen atoms in total. The summed E-state index contributed by atoms with van der Waals surface area (Å²) in [5, 5.41) is 4.43. The summed E-state index contributed by atoms with van der Waals surface area (Å²) >= 11 is 2.64. The Morgan fingerprint density at radius 1 is 0.393 bits per heavy atom. The van der Waals surface area contributed by atoms with Gasteiger partial charge in [0.2, 0.25) is 0 Å². The molecule has 0 unspecified atom stereocenters. The van der Waals surface area contributed by atoms with Crippen molar-refractivity contribution in [3.8, 4) is 0 Å². The molecule has 0 N–H and O–H groups in total. The first-order chi connectivity index (χ1) is 24.3. The minimum Gasteiger partial charge on any atom is -1.00 e. The van der Waals surface area contributed by atoms with Gasteiger partial charge in [-0.25, -0.2) is 0 Å². The Kier molecular flexibility index (Phi) is 17.0. The summed E-state index contributed by atoms with van der Waals surface area (Å²) < 4.78 is -0.368. The van der Waals surface area contributed by atoms with Crippen LogP contribution in [0, 0.1) is 41.5 Å². The molecule has 0 amide bonds. The predicted molar refractivity (Wildman–Crippen MR) is 238 cm³/mol. The molecule has 3 aromatic carbocycles. The molecular weight excluding hydrogens is 807 g/mol. The van der Waals surface area contributed by atoms with E-state index in [0.717, 1.165) is 0 Å². The van der Waals surface area contributed by atoms with Crippen LogP contribution in [-0.4, -0.2) is 92.6 Å². The smallest absolute Gasteiger partial charge is 1.00 e. The van der Waals surface area contributed by atoms with Crippen LogP contribution in [0.3, 0.4) is 0 Å². The molecule has 0 saturated heterocycles. The second-order valence-corrected chi connectivity index (χ2v) is 22.8. The van der Waals surface area contributed by atoms with Crippen LogP contribution in [0.15, 0.2) is 40.5 Å². The summed E-state index contributed by atoms with van der Waals surface area (Å²) in [7, 11) is 23.6. The molecule has 0 aliphatic heterocycles. The van der Waals surface area contributed by atoms with Crippen molar-refractivity contribution in [2.24, 2.45) is 0 Å². The van der Waals surface area contributed by atoms with Crippen LogP contribution in [-0.2, 0) is 20.4 Å². The van der Waals surface area contributed by atoms with E-state index in [-0.39, 0.29) is 40.6 Å². The number of benzene rings is 3. The van der Waals surface area contributed by atoms with Gasteiger partial charge in [-0.15, -0.1) is 0 Å². The molecule has 56 heavy (non-hydrogen) atoms. The van der Waals surface area contributed by atoms with E-state index in [1.54, 1.807) is 0 Å². The monoisotopic (exact) mass is 874 g/mol. The molecule has 0 atom stereocenters. The van der Waals surface area contributed by atoms with Crippen LogP contribution in [0.2, 0.25) is 3.34 Å². The molecule has 0 bridgehead atoms. The quantitative estimate of drug-likeness (QED) is 0.179. The first-order valence-corrected chi connectivity index (χ1v) is 21.7. The van der Waals surface area contributed by atoms with Gasteiger partial charge >= 0.3 is 339 Å². The number of halogens is 3. The van der Waals surface area contributed by atoms with Crippen molar-refractivity contribution in [1.29, 1.82) is 0 Å². The maximum absolute atomic E-state index is 3.50. The number of allylic oxidation sites excluding steroid dienone is 4. The molecular formula is C45H69Cl3N6SiTi. The summed E-state index contributed by atoms with van der Waals surface area (Å²) in [6, 6.07) is 7.48. The third-order valence-corrected chi connectivity index (χ3v) is 21.2. The number of anilines is 6. The molecule has 0 heterocycles. The fourth-order valence-corrected chi connectivity index (χ4v) is 19.4. The third-order valence-electron chi connectivity index (χ3n) is 12.7. The zero-order chi connectivity index (χ0) is 40.6. The van der Waals surface area contributed by atoms with E-state index >= 15 is 0 Å². The van der Waals surface area contributed by atoms with Gasteiger partial charge in [0.05, 0.1) is 0 Å². The number of aryl methyl sites for hydroxylation is 3. The Balaban J connectivity index is 0.00000523. The first kappa shape index (κ1) is 51.8. The van der Waals surface area contributed by atoms with Crippen molar-refractivity contribution < 1.29 is 57.7 Å². The first-order valence-electron chi connectivity index (χ1n) is 18.9. The Hall–Kier alpha value is -2.26. The third kappa shape index (κ3) is 7.56. The van der Waals surface area contributed by atoms with E-state index in [1.165, 1.54) is 105 Å². The standard InChI is InChI=1S/C45H69N6Si.3ClH.Ti/c1-26-23-36(46(11)12)43(39(29(26)4)49(17)18)52(42-34(9)32(7)33(8)35(42)10,44-37(47(13)14)24-27(2)30(5)40(44)50(19)20)45-38(48(15)16)25-28(3)31(6)41(45)51(21)22;;;;/h23-25H,1-22H3;3*1H;/q;;;;+3/p-3. The van der Waals surface area contributed by atoms with Crippen LogP contribution >= 0.6 is 0 Å². The molecule has 11 heteroatoms. The fraction of sp³-hybridized carbons (Fsp3) is 0.511. The molecule has 308 valence electrons. The second-order valence-electron chi connectivity index (χ2n) is 17.1. The second kappa shape index (κ2) is 18.3. The minimum atomic E-state index is -3.50. The molecule has 0 fully saturated rings. The summed E-state index contributed by atoms with van der Waals surface area (Å²) in [5.41, 5.74) is 21.7. The van der Waals surface area contributed by atoms with Gasteiger partial charge in [0.15, 0.2) is 0 Å². The van der Waals surface area contributed by atoms with Gasteiger partial charge in [-0.05, 0) is 0 Å². The van der Waals surface area contributed by atoms with E-state index in [1.807, 2.05) is 0 Å². The van der Waals surface area contributed by atoms with Gasteiger partial charge in [0.1, 0.15) is 0 Å². The van der Waals surface area contributed by atoms with Crippen molar-refractivity contribution in [2.45, 2.75) is 72.6 Å². The van der Waals surface area contributed by atoms with Crippen molar-refractivity contribution in [3.05, 3.63) is 73.9 Å². The molecule has 0 radical (unpaired) electrons. The van der Waals surface area contributed by atoms with E-state index in [0.29, 0.717) is 0 Å². The molecule has 1 aliphatic carbocycles. The zero-order valence-corrected chi connectivity index (χ0v) is 43.4. The zero-order valence-electron chi connectivity index (χ0n) is 38.5. The number of nitrogens with zero attached hydrogens (tertiary/aromatic N) is 6. The maximum atomic E-state index is 2.64. The summed E-state index contributed by atoms with van der Waals surface area (Å²) in [5.74, 6) is 0. The average molecular weight is 876 g/mol. The number of hydrogen-bond acceptors (Lipinski definition) is 6. The molecule has 4 rings (SSSR count). The fourth-order valence-electron chi connectivity index (χ4n) is 9.39. The Bertz CT molecular complexity index is 1820. The van der Waals surface area contributed by atoms with Crippen molar-refractivity contribution in [2.75, 3.05) is 114 Å². The van der Waals surface area contributed by atoms with Gasteiger partial charge in [-0.1, -0.05) is 0 Å². The van der Waals surface area contributed by atoms with Gasteiger partial charge in [0.25, 0.3) is 0 Å². The SMILES string of the molecule is CC1=C(C)[C]([Ti+3])([Si](c2c(N(C)C)cc(C)c(C)c2N(C)C)(c2c(N(C)C)cc(C)c(C)c2N(C)C)c2c(N(C)C)cc(C)c(C)c2N(C)C)C(C)=C1C.[Cl-].[Cl-].[Cl-]. The number of hydrogen-bond donors (Lipinski definition) is 0. The molecule has 1 aliphatic rings.